The van der Waals surface area contributed by atoms with Gasteiger partial charge in [-0.25, -0.2) is 0 Å². The van der Waals surface area contributed by atoms with E-state index in [9.17, 15) is 5.11 Å². The van der Waals surface area contributed by atoms with Gasteiger partial charge in [-0.1, -0.05) is 30.3 Å². The predicted octanol–water partition coefficient (Wildman–Crippen LogP) is 2.70. The molecule has 0 aliphatic heterocycles. The van der Waals surface area contributed by atoms with Gasteiger partial charge >= 0.3 is 0 Å². The highest BCUT2D eigenvalue weighted by Crippen LogP contribution is 2.30. The van der Waals surface area contributed by atoms with Crippen LogP contribution in [0.3, 0.4) is 0 Å². The highest BCUT2D eigenvalue weighted by Gasteiger charge is 2.10. The topological polar surface area (TPSA) is 49.7 Å². The summed E-state index contributed by atoms with van der Waals surface area (Å²) >= 11 is 0. The van der Waals surface area contributed by atoms with Crippen molar-refractivity contribution < 1.29 is 14.9 Å². The molecule has 20 heavy (non-hydrogen) atoms. The van der Waals surface area contributed by atoms with E-state index in [1.165, 1.54) is 5.56 Å². The number of rotatable bonds is 5. The lowest BCUT2D eigenvalue weighted by Crippen LogP contribution is -2.21. The number of aliphatic hydroxyl groups is 2. The minimum absolute atomic E-state index is 0.100. The van der Waals surface area contributed by atoms with Crippen molar-refractivity contribution in [2.75, 3.05) is 13.2 Å². The van der Waals surface area contributed by atoms with Crippen LogP contribution < -0.4 is 4.74 Å². The fourth-order valence-corrected chi connectivity index (χ4v) is 2.21. The molecule has 0 heterocycles. The highest BCUT2D eigenvalue weighted by molar-refractivity contribution is 5.67. The Morgan fingerprint density at radius 3 is 2.15 bits per heavy atom. The van der Waals surface area contributed by atoms with E-state index in [2.05, 4.69) is 24.3 Å². The van der Waals surface area contributed by atoms with Gasteiger partial charge in [0, 0.05) is 0 Å². The standard InChI is InChI=1S/C17H20O3/c1-12-8-15(14-6-4-3-5-7-14)9-13(2)17(12)20-11-16(19)10-18/h3-9,16,18-19H,10-11H2,1-2H3/t16-/m1/s1. The quantitative estimate of drug-likeness (QED) is 0.880. The van der Waals surface area contributed by atoms with E-state index in [4.69, 9.17) is 9.84 Å². The highest BCUT2D eigenvalue weighted by atomic mass is 16.5. The number of ether oxygens (including phenoxy) is 1. The van der Waals surface area contributed by atoms with Crippen molar-refractivity contribution >= 4 is 0 Å². The normalized spacial score (nSPS) is 12.2. The lowest BCUT2D eigenvalue weighted by atomic mass is 10.00. The zero-order chi connectivity index (χ0) is 14.5. The van der Waals surface area contributed by atoms with E-state index in [1.807, 2.05) is 32.0 Å². The van der Waals surface area contributed by atoms with E-state index >= 15 is 0 Å². The van der Waals surface area contributed by atoms with Crippen molar-refractivity contribution in [3.63, 3.8) is 0 Å². The largest absolute Gasteiger partial charge is 0.490 e. The van der Waals surface area contributed by atoms with Gasteiger partial charge in [-0.15, -0.1) is 0 Å². The average Bonchev–Trinajstić information content (AvgIpc) is 2.46. The Bertz CT molecular complexity index is 541. The molecule has 0 saturated heterocycles. The molecule has 0 aromatic heterocycles. The zero-order valence-electron chi connectivity index (χ0n) is 11.8. The molecule has 2 rings (SSSR count). The average molecular weight is 272 g/mol. The SMILES string of the molecule is Cc1cc(-c2ccccc2)cc(C)c1OC[C@H](O)CO. The van der Waals surface area contributed by atoms with E-state index in [0.29, 0.717) is 0 Å². The molecular formula is C17H20O3. The number of aryl methyl sites for hydroxylation is 2. The molecule has 2 aromatic rings. The summed E-state index contributed by atoms with van der Waals surface area (Å²) in [5.74, 6) is 0.775. The lowest BCUT2D eigenvalue weighted by Gasteiger charge is -2.16. The minimum Gasteiger partial charge on any atom is -0.490 e. The Labute approximate surface area is 119 Å². The van der Waals surface area contributed by atoms with Gasteiger partial charge < -0.3 is 14.9 Å². The maximum Gasteiger partial charge on any atom is 0.125 e. The van der Waals surface area contributed by atoms with Crippen LogP contribution in [0, 0.1) is 13.8 Å². The molecule has 1 atom stereocenters. The van der Waals surface area contributed by atoms with Gasteiger partial charge in [-0.2, -0.15) is 0 Å². The molecule has 2 aromatic carbocycles. The Hall–Kier alpha value is -1.84. The third-order valence-corrected chi connectivity index (χ3v) is 3.20. The first-order valence-corrected chi connectivity index (χ1v) is 6.70. The molecule has 0 fully saturated rings. The number of hydrogen-bond donors (Lipinski definition) is 2. The maximum absolute atomic E-state index is 9.36. The lowest BCUT2D eigenvalue weighted by molar-refractivity contribution is 0.0532. The third-order valence-electron chi connectivity index (χ3n) is 3.20. The minimum atomic E-state index is -0.845. The van der Waals surface area contributed by atoms with Crippen LogP contribution in [-0.2, 0) is 0 Å². The third kappa shape index (κ3) is 3.38. The van der Waals surface area contributed by atoms with Crippen molar-refractivity contribution in [3.05, 3.63) is 53.6 Å². The summed E-state index contributed by atoms with van der Waals surface area (Å²) in [5.41, 5.74) is 4.36. The Morgan fingerprint density at radius 1 is 1.00 bits per heavy atom. The van der Waals surface area contributed by atoms with E-state index in [1.54, 1.807) is 0 Å². The molecule has 0 unspecified atom stereocenters. The fraction of sp³-hybridized carbons (Fsp3) is 0.294. The number of hydrogen-bond acceptors (Lipinski definition) is 3. The zero-order valence-corrected chi connectivity index (χ0v) is 11.8. The summed E-state index contributed by atoms with van der Waals surface area (Å²) in [6.07, 6.45) is -0.845. The summed E-state index contributed by atoms with van der Waals surface area (Å²) in [7, 11) is 0. The molecule has 2 N–H and O–H groups in total. The fourth-order valence-electron chi connectivity index (χ4n) is 2.21. The van der Waals surface area contributed by atoms with E-state index in [0.717, 1.165) is 22.4 Å². The number of aliphatic hydroxyl groups excluding tert-OH is 2. The predicted molar refractivity (Wildman–Crippen MR) is 79.9 cm³/mol. The first kappa shape index (κ1) is 14.6. The second-order valence-electron chi connectivity index (χ2n) is 4.95. The van der Waals surface area contributed by atoms with Crippen molar-refractivity contribution in [1.82, 2.24) is 0 Å². The van der Waals surface area contributed by atoms with Crippen LogP contribution in [0.25, 0.3) is 11.1 Å². The van der Waals surface area contributed by atoms with E-state index < -0.39 is 6.10 Å². The van der Waals surface area contributed by atoms with Gasteiger partial charge in [-0.3, -0.25) is 0 Å². The Morgan fingerprint density at radius 2 is 1.60 bits per heavy atom. The maximum atomic E-state index is 9.36. The molecule has 0 amide bonds. The van der Waals surface area contributed by atoms with Gasteiger partial charge in [0.2, 0.25) is 0 Å². The van der Waals surface area contributed by atoms with Gasteiger partial charge in [0.1, 0.15) is 18.5 Å². The second kappa shape index (κ2) is 6.55. The molecule has 0 aliphatic rings. The van der Waals surface area contributed by atoms with Crippen molar-refractivity contribution in [2.45, 2.75) is 20.0 Å². The molecule has 0 radical (unpaired) electrons. The van der Waals surface area contributed by atoms with Gasteiger partial charge in [-0.05, 0) is 48.2 Å². The Kier molecular flexibility index (Phi) is 4.77. The molecule has 0 saturated carbocycles. The van der Waals surface area contributed by atoms with Crippen LogP contribution in [-0.4, -0.2) is 29.5 Å². The molecule has 3 heteroatoms. The van der Waals surface area contributed by atoms with Crippen LogP contribution in [0.1, 0.15) is 11.1 Å². The summed E-state index contributed by atoms with van der Waals surface area (Å²) in [6, 6.07) is 14.3. The van der Waals surface area contributed by atoms with Crippen molar-refractivity contribution in [3.8, 4) is 16.9 Å². The second-order valence-corrected chi connectivity index (χ2v) is 4.95. The summed E-state index contributed by atoms with van der Waals surface area (Å²) in [5, 5.41) is 18.2. The van der Waals surface area contributed by atoms with Gasteiger partial charge in [0.15, 0.2) is 0 Å². The van der Waals surface area contributed by atoms with Crippen LogP contribution >= 0.6 is 0 Å². The van der Waals surface area contributed by atoms with Crippen molar-refractivity contribution in [2.24, 2.45) is 0 Å². The van der Waals surface area contributed by atoms with E-state index in [-0.39, 0.29) is 13.2 Å². The first-order chi connectivity index (χ1) is 9.61. The summed E-state index contributed by atoms with van der Waals surface area (Å²) < 4.78 is 5.60. The monoisotopic (exact) mass is 272 g/mol. The Balaban J connectivity index is 2.25. The van der Waals surface area contributed by atoms with Crippen molar-refractivity contribution in [1.29, 1.82) is 0 Å². The van der Waals surface area contributed by atoms with Crippen LogP contribution in [0.15, 0.2) is 42.5 Å². The molecule has 0 aliphatic carbocycles. The molecule has 106 valence electrons. The summed E-state index contributed by atoms with van der Waals surface area (Å²) in [6.45, 7) is 3.78. The summed E-state index contributed by atoms with van der Waals surface area (Å²) in [4.78, 5) is 0. The first-order valence-electron chi connectivity index (χ1n) is 6.70. The smallest absolute Gasteiger partial charge is 0.125 e. The molecule has 0 spiro atoms. The van der Waals surface area contributed by atoms with Crippen LogP contribution in [0.4, 0.5) is 0 Å². The van der Waals surface area contributed by atoms with Gasteiger partial charge in [0.05, 0.1) is 6.61 Å². The molecular weight excluding hydrogens is 252 g/mol. The molecule has 3 nitrogen and oxygen atoms in total. The van der Waals surface area contributed by atoms with Gasteiger partial charge in [0.25, 0.3) is 0 Å². The van der Waals surface area contributed by atoms with Crippen LogP contribution in [0.2, 0.25) is 0 Å². The number of benzene rings is 2. The molecule has 0 bridgehead atoms. The van der Waals surface area contributed by atoms with Crippen LogP contribution in [0.5, 0.6) is 5.75 Å².